The number of hydrogen-bond acceptors (Lipinski definition) is 5. The number of rotatable bonds is 12. The monoisotopic (exact) mass is 624 g/mol. The first-order chi connectivity index (χ1) is 21.7. The highest BCUT2D eigenvalue weighted by Crippen LogP contribution is 2.36. The lowest BCUT2D eigenvalue weighted by atomic mass is 9.98. The van der Waals surface area contributed by atoms with E-state index in [0.717, 1.165) is 22.3 Å². The standard InChI is InChI=1S/C37H37ClN2O5/c1-5-44-34(41)16-7-6-10-23-45-35-31(38)14-11-15-33(35)40(4)37(43)28-21-22-32(26(3)24-28)39-36(42)30-13-9-8-12-29(30)27-19-17-25(2)18-20-27/h8-15,17-24H,5-7,16H2,1-4H3,(H,39,42)/b23-10+. The Hall–Kier alpha value is -4.88. The Morgan fingerprint density at radius 2 is 1.69 bits per heavy atom. The first-order valence-corrected chi connectivity index (χ1v) is 15.2. The summed E-state index contributed by atoms with van der Waals surface area (Å²) in [7, 11) is 1.65. The number of benzene rings is 4. The number of carbonyl (C=O) groups excluding carboxylic acids is 3. The van der Waals surface area contributed by atoms with Gasteiger partial charge in [-0.1, -0.05) is 65.7 Å². The van der Waals surface area contributed by atoms with Gasteiger partial charge in [-0.3, -0.25) is 14.4 Å². The SMILES string of the molecule is CCOC(=O)CCC/C=C/Oc1c(Cl)cccc1N(C)C(=O)c1ccc(NC(=O)c2ccccc2-c2ccc(C)cc2)c(C)c1. The number of unbranched alkanes of at least 4 members (excludes halogenated alkanes) is 1. The quantitative estimate of drug-likeness (QED) is 0.0967. The molecule has 0 aromatic heterocycles. The number of anilines is 2. The number of hydrogen-bond donors (Lipinski definition) is 1. The summed E-state index contributed by atoms with van der Waals surface area (Å²) in [5, 5.41) is 3.36. The van der Waals surface area contributed by atoms with Crippen LogP contribution in [0.15, 0.2) is 97.3 Å². The average molecular weight is 625 g/mol. The molecule has 0 spiro atoms. The molecule has 0 bridgehead atoms. The van der Waals surface area contributed by atoms with Crippen molar-refractivity contribution in [2.45, 2.75) is 40.0 Å². The summed E-state index contributed by atoms with van der Waals surface area (Å²) in [6, 6.07) is 25.9. The van der Waals surface area contributed by atoms with Crippen LogP contribution in [0.2, 0.25) is 5.02 Å². The van der Waals surface area contributed by atoms with Crippen molar-refractivity contribution in [3.63, 3.8) is 0 Å². The molecule has 0 saturated heterocycles. The molecule has 45 heavy (non-hydrogen) atoms. The Morgan fingerprint density at radius 3 is 2.42 bits per heavy atom. The second kappa shape index (κ2) is 15.7. The van der Waals surface area contributed by atoms with Crippen LogP contribution in [0.25, 0.3) is 11.1 Å². The highest BCUT2D eigenvalue weighted by Gasteiger charge is 2.20. The van der Waals surface area contributed by atoms with Gasteiger partial charge in [0, 0.05) is 30.3 Å². The summed E-state index contributed by atoms with van der Waals surface area (Å²) in [5.41, 5.74) is 5.78. The number of carbonyl (C=O) groups is 3. The molecule has 0 aliphatic heterocycles. The van der Waals surface area contributed by atoms with E-state index in [0.29, 0.717) is 59.1 Å². The summed E-state index contributed by atoms with van der Waals surface area (Å²) in [5.74, 6) is -0.398. The van der Waals surface area contributed by atoms with E-state index in [1.54, 1.807) is 62.5 Å². The van der Waals surface area contributed by atoms with Crippen LogP contribution in [0.1, 0.15) is 58.0 Å². The smallest absolute Gasteiger partial charge is 0.305 e. The molecule has 0 aliphatic carbocycles. The van der Waals surface area contributed by atoms with Crippen LogP contribution >= 0.6 is 11.6 Å². The average Bonchev–Trinajstić information content (AvgIpc) is 3.04. The van der Waals surface area contributed by atoms with Crippen LogP contribution in [0, 0.1) is 13.8 Å². The van der Waals surface area contributed by atoms with Gasteiger partial charge >= 0.3 is 5.97 Å². The molecule has 4 aromatic carbocycles. The van der Waals surface area contributed by atoms with E-state index in [-0.39, 0.29) is 17.8 Å². The van der Waals surface area contributed by atoms with E-state index in [9.17, 15) is 14.4 Å². The molecule has 0 radical (unpaired) electrons. The molecule has 0 aliphatic rings. The topological polar surface area (TPSA) is 84.9 Å². The van der Waals surface area contributed by atoms with Gasteiger partial charge in [0.25, 0.3) is 11.8 Å². The fraction of sp³-hybridized carbons (Fsp3) is 0.216. The van der Waals surface area contributed by atoms with Gasteiger partial charge in [-0.15, -0.1) is 0 Å². The molecule has 0 fully saturated rings. The molecule has 232 valence electrons. The molecule has 8 heteroatoms. The third-order valence-corrected chi connectivity index (χ3v) is 7.50. The maximum Gasteiger partial charge on any atom is 0.305 e. The zero-order chi connectivity index (χ0) is 32.3. The molecule has 1 N–H and O–H groups in total. The number of para-hydroxylation sites is 1. The minimum atomic E-state index is -0.272. The van der Waals surface area contributed by atoms with Gasteiger partial charge in [0.1, 0.15) is 0 Å². The molecular formula is C37H37ClN2O5. The largest absolute Gasteiger partial charge is 0.466 e. The first kappa shape index (κ1) is 33.0. The second-order valence-corrected chi connectivity index (χ2v) is 10.9. The highest BCUT2D eigenvalue weighted by atomic mass is 35.5. The minimum Gasteiger partial charge on any atom is -0.466 e. The van der Waals surface area contributed by atoms with Gasteiger partial charge in [0.2, 0.25) is 0 Å². The van der Waals surface area contributed by atoms with Gasteiger partial charge < -0.3 is 19.7 Å². The number of ether oxygens (including phenoxy) is 2. The number of aryl methyl sites for hydroxylation is 2. The fourth-order valence-electron chi connectivity index (χ4n) is 4.76. The summed E-state index contributed by atoms with van der Waals surface area (Å²) in [4.78, 5) is 39.9. The van der Waals surface area contributed by atoms with Crippen molar-refractivity contribution in [3.8, 4) is 16.9 Å². The first-order valence-electron chi connectivity index (χ1n) is 14.8. The molecule has 0 heterocycles. The number of allylic oxidation sites excluding steroid dienone is 1. The Kier molecular flexibility index (Phi) is 11.5. The summed E-state index contributed by atoms with van der Waals surface area (Å²) >= 11 is 6.44. The lowest BCUT2D eigenvalue weighted by molar-refractivity contribution is -0.143. The molecule has 4 aromatic rings. The highest BCUT2D eigenvalue weighted by molar-refractivity contribution is 6.32. The van der Waals surface area contributed by atoms with E-state index in [2.05, 4.69) is 5.32 Å². The lowest BCUT2D eigenvalue weighted by Crippen LogP contribution is -2.26. The molecular weight excluding hydrogens is 588 g/mol. The number of nitrogens with one attached hydrogen (secondary N) is 1. The van der Waals surface area contributed by atoms with E-state index < -0.39 is 0 Å². The molecule has 7 nitrogen and oxygen atoms in total. The maximum absolute atomic E-state index is 13.6. The zero-order valence-corrected chi connectivity index (χ0v) is 26.7. The Bertz CT molecular complexity index is 1700. The van der Waals surface area contributed by atoms with E-state index in [1.807, 2.05) is 56.3 Å². The van der Waals surface area contributed by atoms with Crippen LogP contribution in [0.4, 0.5) is 11.4 Å². The molecule has 0 atom stereocenters. The molecule has 2 amide bonds. The van der Waals surface area contributed by atoms with Crippen LogP contribution in [0.3, 0.4) is 0 Å². The van der Waals surface area contributed by atoms with Crippen molar-refractivity contribution in [1.29, 1.82) is 0 Å². The third-order valence-electron chi connectivity index (χ3n) is 7.21. The van der Waals surface area contributed by atoms with Crippen molar-refractivity contribution in [3.05, 3.63) is 125 Å². The second-order valence-electron chi connectivity index (χ2n) is 10.5. The third kappa shape index (κ3) is 8.61. The lowest BCUT2D eigenvalue weighted by Gasteiger charge is -2.21. The van der Waals surface area contributed by atoms with Crippen LogP contribution < -0.4 is 15.0 Å². The van der Waals surface area contributed by atoms with E-state index >= 15 is 0 Å². The summed E-state index contributed by atoms with van der Waals surface area (Å²) in [6.45, 7) is 6.01. The number of esters is 1. The van der Waals surface area contributed by atoms with E-state index in [1.165, 1.54) is 11.2 Å². The van der Waals surface area contributed by atoms with Gasteiger partial charge in [-0.2, -0.15) is 0 Å². The van der Waals surface area contributed by atoms with Crippen molar-refractivity contribution in [2.24, 2.45) is 0 Å². The normalized spacial score (nSPS) is 10.9. The number of nitrogens with zero attached hydrogens (tertiary/aromatic N) is 1. The molecule has 0 saturated carbocycles. The fourth-order valence-corrected chi connectivity index (χ4v) is 4.97. The predicted octanol–water partition coefficient (Wildman–Crippen LogP) is 8.78. The summed E-state index contributed by atoms with van der Waals surface area (Å²) in [6.07, 6.45) is 4.88. The number of halogens is 1. The van der Waals surface area contributed by atoms with Gasteiger partial charge in [-0.25, -0.2) is 0 Å². The zero-order valence-electron chi connectivity index (χ0n) is 25.9. The Balaban J connectivity index is 1.45. The van der Waals surface area contributed by atoms with Crippen molar-refractivity contribution in [2.75, 3.05) is 23.9 Å². The number of amides is 2. The van der Waals surface area contributed by atoms with E-state index in [4.69, 9.17) is 21.1 Å². The van der Waals surface area contributed by atoms with Crippen molar-refractivity contribution in [1.82, 2.24) is 0 Å². The Morgan fingerprint density at radius 1 is 0.933 bits per heavy atom. The molecule has 0 unspecified atom stereocenters. The van der Waals surface area contributed by atoms with Gasteiger partial charge in [0.05, 0.1) is 23.6 Å². The van der Waals surface area contributed by atoms with Gasteiger partial charge in [-0.05, 0) is 92.8 Å². The molecule has 4 rings (SSSR count). The van der Waals surface area contributed by atoms with Crippen molar-refractivity contribution >= 4 is 40.8 Å². The van der Waals surface area contributed by atoms with Crippen LogP contribution in [0.5, 0.6) is 5.75 Å². The van der Waals surface area contributed by atoms with Crippen LogP contribution in [-0.4, -0.2) is 31.4 Å². The predicted molar refractivity (Wildman–Crippen MR) is 180 cm³/mol. The summed E-state index contributed by atoms with van der Waals surface area (Å²) < 4.78 is 10.8. The minimum absolute atomic E-state index is 0.227. The Labute approximate surface area is 269 Å². The van der Waals surface area contributed by atoms with Gasteiger partial charge in [0.15, 0.2) is 5.75 Å². The van der Waals surface area contributed by atoms with Crippen LogP contribution in [-0.2, 0) is 9.53 Å². The van der Waals surface area contributed by atoms with Crippen molar-refractivity contribution < 1.29 is 23.9 Å². The maximum atomic E-state index is 13.6.